The zero-order valence-corrected chi connectivity index (χ0v) is 8.43. The van der Waals surface area contributed by atoms with E-state index in [1.807, 2.05) is 13.0 Å². The fourth-order valence-electron chi connectivity index (χ4n) is 1.25. The van der Waals surface area contributed by atoms with Crippen molar-refractivity contribution >= 4 is 0 Å². The first-order chi connectivity index (χ1) is 6.48. The molecule has 0 aromatic heterocycles. The van der Waals surface area contributed by atoms with Crippen molar-refractivity contribution in [2.75, 3.05) is 0 Å². The molecule has 0 aliphatic carbocycles. The van der Waals surface area contributed by atoms with Gasteiger partial charge in [0.05, 0.1) is 5.54 Å². The van der Waals surface area contributed by atoms with Crippen LogP contribution in [0, 0.1) is 0 Å². The van der Waals surface area contributed by atoms with Crippen LogP contribution >= 0.6 is 0 Å². The summed E-state index contributed by atoms with van der Waals surface area (Å²) in [7, 11) is 0. The summed E-state index contributed by atoms with van der Waals surface area (Å²) >= 11 is 0. The molecule has 0 aliphatic rings. The molecule has 0 fully saturated rings. The van der Waals surface area contributed by atoms with Crippen molar-refractivity contribution in [1.82, 2.24) is 0 Å². The van der Waals surface area contributed by atoms with Gasteiger partial charge in [0.2, 0.25) is 0 Å². The van der Waals surface area contributed by atoms with Crippen LogP contribution in [0.3, 0.4) is 0 Å². The highest BCUT2D eigenvalue weighted by Crippen LogP contribution is 2.25. The molecule has 2 N–H and O–H groups in total. The van der Waals surface area contributed by atoms with Gasteiger partial charge in [-0.15, -0.1) is 0 Å². The van der Waals surface area contributed by atoms with Crippen LogP contribution in [0.4, 0.5) is 8.78 Å². The van der Waals surface area contributed by atoms with E-state index in [1.54, 1.807) is 18.2 Å². The Morgan fingerprint density at radius 3 is 2.57 bits per heavy atom. The summed E-state index contributed by atoms with van der Waals surface area (Å²) in [6.07, 6.45) is -1.72. The Morgan fingerprint density at radius 2 is 2.07 bits per heavy atom. The Bertz CT molecular complexity index is 308. The number of hydrogen-bond acceptors (Lipinski definition) is 1. The normalized spacial score (nSPS) is 15.6. The lowest BCUT2D eigenvalue weighted by Crippen LogP contribution is -2.40. The molecule has 0 radical (unpaired) electrons. The van der Waals surface area contributed by atoms with E-state index in [0.717, 1.165) is 12.0 Å². The van der Waals surface area contributed by atoms with Gasteiger partial charge < -0.3 is 5.73 Å². The van der Waals surface area contributed by atoms with Gasteiger partial charge in [-0.25, -0.2) is 8.78 Å². The van der Waals surface area contributed by atoms with Crippen LogP contribution in [0.1, 0.15) is 25.0 Å². The average molecular weight is 199 g/mol. The van der Waals surface area contributed by atoms with Crippen LogP contribution in [0.2, 0.25) is 0 Å². The molecule has 78 valence electrons. The van der Waals surface area contributed by atoms with Crippen molar-refractivity contribution in [1.29, 1.82) is 0 Å². The monoisotopic (exact) mass is 199 g/mol. The van der Waals surface area contributed by atoms with E-state index in [9.17, 15) is 8.78 Å². The summed E-state index contributed by atoms with van der Waals surface area (Å²) in [6, 6.07) is 7.06. The molecule has 0 spiro atoms. The van der Waals surface area contributed by atoms with Crippen LogP contribution < -0.4 is 5.73 Å². The van der Waals surface area contributed by atoms with E-state index >= 15 is 0 Å². The van der Waals surface area contributed by atoms with E-state index in [2.05, 4.69) is 0 Å². The minimum atomic E-state index is -2.55. The van der Waals surface area contributed by atoms with Gasteiger partial charge in [-0.3, -0.25) is 0 Å². The number of rotatable bonds is 3. The zero-order valence-electron chi connectivity index (χ0n) is 8.43. The summed E-state index contributed by atoms with van der Waals surface area (Å²) in [5, 5.41) is 0. The maximum Gasteiger partial charge on any atom is 0.260 e. The van der Waals surface area contributed by atoms with E-state index in [1.165, 1.54) is 6.92 Å². The van der Waals surface area contributed by atoms with Crippen LogP contribution in [-0.4, -0.2) is 6.43 Å². The fourth-order valence-corrected chi connectivity index (χ4v) is 1.25. The SMILES string of the molecule is CCc1cccc(C(C)(N)C(F)F)c1. The molecule has 14 heavy (non-hydrogen) atoms. The molecule has 0 heterocycles. The lowest BCUT2D eigenvalue weighted by Gasteiger charge is -2.24. The second-order valence-electron chi connectivity index (χ2n) is 3.64. The lowest BCUT2D eigenvalue weighted by molar-refractivity contribution is 0.0625. The van der Waals surface area contributed by atoms with Gasteiger partial charge in [-0.2, -0.15) is 0 Å². The Morgan fingerprint density at radius 1 is 1.43 bits per heavy atom. The van der Waals surface area contributed by atoms with Gasteiger partial charge in [0.1, 0.15) is 0 Å². The first-order valence-electron chi connectivity index (χ1n) is 4.65. The highest BCUT2D eigenvalue weighted by Gasteiger charge is 2.32. The van der Waals surface area contributed by atoms with Crippen molar-refractivity contribution < 1.29 is 8.78 Å². The second kappa shape index (κ2) is 4.05. The number of alkyl halides is 2. The van der Waals surface area contributed by atoms with Crippen LogP contribution in [0.15, 0.2) is 24.3 Å². The third kappa shape index (κ3) is 2.10. The van der Waals surface area contributed by atoms with E-state index < -0.39 is 12.0 Å². The maximum absolute atomic E-state index is 12.6. The first kappa shape index (κ1) is 11.1. The molecular formula is C11H15F2N. The number of nitrogens with two attached hydrogens (primary N) is 1. The highest BCUT2D eigenvalue weighted by atomic mass is 19.3. The summed E-state index contributed by atoms with van der Waals surface area (Å²) in [5.74, 6) is 0. The maximum atomic E-state index is 12.6. The Hall–Kier alpha value is -0.960. The van der Waals surface area contributed by atoms with Crippen LogP contribution in [0.25, 0.3) is 0 Å². The van der Waals surface area contributed by atoms with Crippen LogP contribution in [-0.2, 0) is 12.0 Å². The highest BCUT2D eigenvalue weighted by molar-refractivity contribution is 5.29. The van der Waals surface area contributed by atoms with Crippen molar-refractivity contribution in [3.63, 3.8) is 0 Å². The number of halogens is 2. The van der Waals surface area contributed by atoms with Crippen LogP contribution in [0.5, 0.6) is 0 Å². The smallest absolute Gasteiger partial charge is 0.260 e. The van der Waals surface area contributed by atoms with Crippen molar-refractivity contribution in [2.24, 2.45) is 5.73 Å². The molecule has 0 saturated carbocycles. The molecule has 0 aliphatic heterocycles. The van der Waals surface area contributed by atoms with E-state index in [-0.39, 0.29) is 0 Å². The zero-order chi connectivity index (χ0) is 10.8. The van der Waals surface area contributed by atoms with Crippen molar-refractivity contribution in [3.8, 4) is 0 Å². The third-order valence-corrected chi connectivity index (χ3v) is 2.41. The Balaban J connectivity index is 3.06. The van der Waals surface area contributed by atoms with Gasteiger partial charge in [0.25, 0.3) is 6.43 Å². The Labute approximate surface area is 82.9 Å². The second-order valence-corrected chi connectivity index (χ2v) is 3.64. The van der Waals surface area contributed by atoms with Gasteiger partial charge >= 0.3 is 0 Å². The summed E-state index contributed by atoms with van der Waals surface area (Å²) in [5.41, 5.74) is 5.52. The lowest BCUT2D eigenvalue weighted by atomic mass is 9.92. The molecular weight excluding hydrogens is 184 g/mol. The molecule has 1 rings (SSSR count). The molecule has 1 unspecified atom stereocenters. The molecule has 0 amide bonds. The van der Waals surface area contributed by atoms with Crippen molar-refractivity contribution in [3.05, 3.63) is 35.4 Å². The molecule has 3 heteroatoms. The molecule has 1 aromatic rings. The summed E-state index contributed by atoms with van der Waals surface area (Å²) < 4.78 is 25.2. The predicted octanol–water partition coefficient (Wildman–Crippen LogP) is 2.69. The minimum Gasteiger partial charge on any atom is -0.317 e. The molecule has 1 nitrogen and oxygen atoms in total. The van der Waals surface area contributed by atoms with Crippen molar-refractivity contribution in [2.45, 2.75) is 32.2 Å². The molecule has 0 bridgehead atoms. The van der Waals surface area contributed by atoms with Gasteiger partial charge in [0.15, 0.2) is 0 Å². The number of benzene rings is 1. The summed E-state index contributed by atoms with van der Waals surface area (Å²) in [4.78, 5) is 0. The number of hydrogen-bond donors (Lipinski definition) is 1. The minimum absolute atomic E-state index is 0.492. The topological polar surface area (TPSA) is 26.0 Å². The first-order valence-corrected chi connectivity index (χ1v) is 4.65. The predicted molar refractivity (Wildman–Crippen MR) is 53.4 cm³/mol. The number of aryl methyl sites for hydroxylation is 1. The quantitative estimate of drug-likeness (QED) is 0.795. The van der Waals surface area contributed by atoms with Gasteiger partial charge in [-0.1, -0.05) is 31.2 Å². The Kier molecular flexibility index (Phi) is 3.21. The largest absolute Gasteiger partial charge is 0.317 e. The standard InChI is InChI=1S/C11H15F2N/c1-3-8-5-4-6-9(7-8)11(2,14)10(12)13/h4-7,10H,3,14H2,1-2H3. The molecule has 1 aromatic carbocycles. The van der Waals surface area contributed by atoms with E-state index in [4.69, 9.17) is 5.73 Å². The van der Waals surface area contributed by atoms with E-state index in [0.29, 0.717) is 5.56 Å². The average Bonchev–Trinajstić information content (AvgIpc) is 2.17. The van der Waals surface area contributed by atoms with Gasteiger partial charge in [0, 0.05) is 0 Å². The fraction of sp³-hybridized carbons (Fsp3) is 0.455. The van der Waals surface area contributed by atoms with Gasteiger partial charge in [-0.05, 0) is 24.5 Å². The molecule has 0 saturated heterocycles. The summed E-state index contributed by atoms with van der Waals surface area (Å²) in [6.45, 7) is 3.34. The third-order valence-electron chi connectivity index (χ3n) is 2.41. The molecule has 1 atom stereocenters.